The molecule has 4 heteroatoms. The van der Waals surface area contributed by atoms with Crippen LogP contribution in [0, 0.1) is 0 Å². The minimum atomic E-state index is -0.0675. The summed E-state index contributed by atoms with van der Waals surface area (Å²) in [5.41, 5.74) is 0. The molecule has 0 saturated heterocycles. The van der Waals surface area contributed by atoms with Crippen molar-refractivity contribution in [3.05, 3.63) is 0 Å². The van der Waals surface area contributed by atoms with Gasteiger partial charge in [0.05, 0.1) is 6.61 Å². The highest BCUT2D eigenvalue weighted by Crippen LogP contribution is 1.60. The van der Waals surface area contributed by atoms with E-state index in [9.17, 15) is 4.79 Å². The van der Waals surface area contributed by atoms with Gasteiger partial charge in [-0.2, -0.15) is 0 Å². The van der Waals surface area contributed by atoms with Crippen molar-refractivity contribution in [1.29, 1.82) is 0 Å². The number of carbonyl (C=O) groups is 1. The lowest BCUT2D eigenvalue weighted by Crippen LogP contribution is -2.25. The summed E-state index contributed by atoms with van der Waals surface area (Å²) in [5.74, 6) is 4.60. The molecule has 0 rings (SSSR count). The van der Waals surface area contributed by atoms with Gasteiger partial charge in [0.1, 0.15) is 0 Å². The molecular formula is C5H14N2O2. The third kappa shape index (κ3) is 11.1. The lowest BCUT2D eigenvalue weighted by atomic mass is 10.6. The highest BCUT2D eigenvalue weighted by atomic mass is 16.6. The molecule has 0 spiro atoms. The van der Waals surface area contributed by atoms with Gasteiger partial charge in [-0.3, -0.25) is 4.79 Å². The van der Waals surface area contributed by atoms with Gasteiger partial charge in [-0.15, -0.1) is 0 Å². The second-order valence-corrected chi connectivity index (χ2v) is 1.35. The zero-order valence-electron chi connectivity index (χ0n) is 4.81. The van der Waals surface area contributed by atoms with E-state index in [1.165, 1.54) is 6.92 Å². The van der Waals surface area contributed by atoms with Crippen molar-refractivity contribution in [2.24, 2.45) is 5.90 Å². The van der Waals surface area contributed by atoms with E-state index < -0.39 is 0 Å². The van der Waals surface area contributed by atoms with Crippen LogP contribution in [0.25, 0.3) is 0 Å². The number of nitrogens with one attached hydrogen (secondary N) is 1. The first-order valence-corrected chi connectivity index (χ1v) is 2.33. The van der Waals surface area contributed by atoms with Crippen LogP contribution in [-0.2, 0) is 9.63 Å². The normalized spacial score (nSPS) is 7.78. The molecule has 1 amide bonds. The van der Waals surface area contributed by atoms with Crippen LogP contribution < -0.4 is 11.2 Å². The fraction of sp³-hybridized carbons (Fsp3) is 0.800. The summed E-state index contributed by atoms with van der Waals surface area (Å²) >= 11 is 0. The second kappa shape index (κ2) is 7.39. The molecule has 0 atom stereocenters. The number of nitrogens with two attached hydrogens (primary N) is 1. The van der Waals surface area contributed by atoms with Crippen molar-refractivity contribution in [2.75, 3.05) is 13.2 Å². The first-order valence-electron chi connectivity index (χ1n) is 2.33. The standard InChI is InChI=1S/C4H10N2O2.CH4/c1-4(7)6-2-3-8-5;/h2-3,5H2,1H3,(H,6,7);1H4. The lowest BCUT2D eigenvalue weighted by Gasteiger charge is -1.96. The molecule has 4 nitrogen and oxygen atoms in total. The summed E-state index contributed by atoms with van der Waals surface area (Å²) in [6.07, 6.45) is 0. The maximum absolute atomic E-state index is 10.1. The van der Waals surface area contributed by atoms with Crippen LogP contribution in [-0.4, -0.2) is 19.1 Å². The Hall–Kier alpha value is -0.610. The Bertz CT molecular complexity index is 75.4. The number of carbonyl (C=O) groups excluding carboxylic acids is 1. The van der Waals surface area contributed by atoms with Crippen LogP contribution in [0.4, 0.5) is 0 Å². The third-order valence-electron chi connectivity index (χ3n) is 0.594. The predicted octanol–water partition coefficient (Wildman–Crippen LogP) is -0.351. The second-order valence-electron chi connectivity index (χ2n) is 1.35. The van der Waals surface area contributed by atoms with E-state index in [0.717, 1.165) is 0 Å². The van der Waals surface area contributed by atoms with Gasteiger partial charge in [0.25, 0.3) is 0 Å². The van der Waals surface area contributed by atoms with E-state index in [0.29, 0.717) is 13.2 Å². The van der Waals surface area contributed by atoms with Crippen molar-refractivity contribution in [1.82, 2.24) is 5.32 Å². The van der Waals surface area contributed by atoms with Crippen molar-refractivity contribution in [2.45, 2.75) is 14.4 Å². The summed E-state index contributed by atoms with van der Waals surface area (Å²) in [7, 11) is 0. The van der Waals surface area contributed by atoms with E-state index in [4.69, 9.17) is 0 Å². The van der Waals surface area contributed by atoms with Gasteiger partial charge in [-0.05, 0) is 0 Å². The van der Waals surface area contributed by atoms with Crippen LogP contribution in [0.15, 0.2) is 0 Å². The van der Waals surface area contributed by atoms with Crippen LogP contribution in [0.2, 0.25) is 0 Å². The number of amides is 1. The van der Waals surface area contributed by atoms with E-state index in [1.54, 1.807) is 0 Å². The largest absolute Gasteiger partial charge is 0.354 e. The molecule has 0 aliphatic carbocycles. The van der Waals surface area contributed by atoms with Gasteiger partial charge < -0.3 is 10.2 Å². The van der Waals surface area contributed by atoms with Crippen LogP contribution >= 0.6 is 0 Å². The van der Waals surface area contributed by atoms with Gasteiger partial charge >= 0.3 is 0 Å². The van der Waals surface area contributed by atoms with E-state index in [2.05, 4.69) is 16.1 Å². The average molecular weight is 134 g/mol. The Labute approximate surface area is 55.3 Å². The van der Waals surface area contributed by atoms with Crippen molar-refractivity contribution >= 4 is 5.91 Å². The van der Waals surface area contributed by atoms with Gasteiger partial charge in [-0.1, -0.05) is 7.43 Å². The molecule has 0 unspecified atom stereocenters. The number of rotatable bonds is 3. The summed E-state index contributed by atoms with van der Waals surface area (Å²) in [6, 6.07) is 0. The maximum atomic E-state index is 10.1. The molecule has 0 aromatic rings. The summed E-state index contributed by atoms with van der Waals surface area (Å²) in [6.45, 7) is 2.28. The Balaban J connectivity index is 0. The minimum Gasteiger partial charge on any atom is -0.354 e. The van der Waals surface area contributed by atoms with Crippen LogP contribution in [0.5, 0.6) is 0 Å². The smallest absolute Gasteiger partial charge is 0.216 e. The molecule has 0 aliphatic rings. The fourth-order valence-electron chi connectivity index (χ4n) is 0.286. The van der Waals surface area contributed by atoms with Crippen LogP contribution in [0.3, 0.4) is 0 Å². The Morgan fingerprint density at radius 3 is 2.67 bits per heavy atom. The molecule has 0 fully saturated rings. The highest BCUT2D eigenvalue weighted by molar-refractivity contribution is 5.72. The number of hydrogen-bond acceptors (Lipinski definition) is 3. The fourth-order valence-corrected chi connectivity index (χ4v) is 0.286. The molecule has 0 aromatic carbocycles. The lowest BCUT2D eigenvalue weighted by molar-refractivity contribution is -0.119. The van der Waals surface area contributed by atoms with Crippen molar-refractivity contribution < 1.29 is 9.63 Å². The maximum Gasteiger partial charge on any atom is 0.216 e. The summed E-state index contributed by atoms with van der Waals surface area (Å²) in [5, 5.41) is 2.50. The van der Waals surface area contributed by atoms with E-state index >= 15 is 0 Å². The SMILES string of the molecule is C.CC(=O)NCCON. The van der Waals surface area contributed by atoms with E-state index in [1.807, 2.05) is 0 Å². The monoisotopic (exact) mass is 134 g/mol. The molecule has 56 valence electrons. The van der Waals surface area contributed by atoms with Crippen molar-refractivity contribution in [3.8, 4) is 0 Å². The molecule has 0 bridgehead atoms. The summed E-state index contributed by atoms with van der Waals surface area (Å²) < 4.78 is 0. The first-order chi connectivity index (χ1) is 3.77. The summed E-state index contributed by atoms with van der Waals surface area (Å²) in [4.78, 5) is 14.3. The molecule has 0 saturated carbocycles. The Kier molecular flexibility index (Phi) is 9.21. The van der Waals surface area contributed by atoms with E-state index in [-0.39, 0.29) is 13.3 Å². The molecule has 3 N–H and O–H groups in total. The Morgan fingerprint density at radius 1 is 1.78 bits per heavy atom. The molecular weight excluding hydrogens is 120 g/mol. The predicted molar refractivity (Wildman–Crippen MR) is 35.6 cm³/mol. The first kappa shape index (κ1) is 11.2. The van der Waals surface area contributed by atoms with Crippen LogP contribution in [0.1, 0.15) is 14.4 Å². The van der Waals surface area contributed by atoms with Gasteiger partial charge in [-0.25, -0.2) is 5.90 Å². The Morgan fingerprint density at radius 2 is 2.33 bits per heavy atom. The van der Waals surface area contributed by atoms with Gasteiger partial charge in [0.15, 0.2) is 0 Å². The third-order valence-corrected chi connectivity index (χ3v) is 0.594. The molecule has 0 aromatic heterocycles. The van der Waals surface area contributed by atoms with Gasteiger partial charge in [0.2, 0.25) is 5.91 Å². The minimum absolute atomic E-state index is 0. The number of hydrogen-bond donors (Lipinski definition) is 2. The molecule has 0 heterocycles. The molecule has 0 aliphatic heterocycles. The van der Waals surface area contributed by atoms with Gasteiger partial charge in [0, 0.05) is 13.5 Å². The zero-order chi connectivity index (χ0) is 6.41. The molecule has 9 heavy (non-hydrogen) atoms. The quantitative estimate of drug-likeness (QED) is 0.409. The topological polar surface area (TPSA) is 64.3 Å². The zero-order valence-corrected chi connectivity index (χ0v) is 4.81. The molecule has 0 radical (unpaired) electrons. The van der Waals surface area contributed by atoms with Crippen molar-refractivity contribution in [3.63, 3.8) is 0 Å². The average Bonchev–Trinajstić information content (AvgIpc) is 1.66. The highest BCUT2D eigenvalue weighted by Gasteiger charge is 1.86.